The lowest BCUT2D eigenvalue weighted by molar-refractivity contribution is -0.153. The lowest BCUT2D eigenvalue weighted by atomic mass is 9.85. The third-order valence-corrected chi connectivity index (χ3v) is 9.64. The Bertz CT molecular complexity index is 1040. The summed E-state index contributed by atoms with van der Waals surface area (Å²) in [5, 5.41) is 19.6. The first-order valence-corrected chi connectivity index (χ1v) is 14.8. The van der Waals surface area contributed by atoms with Gasteiger partial charge in [-0.3, -0.25) is 9.59 Å². The van der Waals surface area contributed by atoms with E-state index in [0.29, 0.717) is 51.6 Å². The number of carboxylic acid groups (broad SMARTS) is 1. The third kappa shape index (κ3) is 9.14. The average Bonchev–Trinajstić information content (AvgIpc) is 2.82. The first-order chi connectivity index (χ1) is 17.1. The van der Waals surface area contributed by atoms with Gasteiger partial charge in [0, 0.05) is 0 Å². The normalized spacial score (nSPS) is 14.0. The number of carboxylic acids is 1. The van der Waals surface area contributed by atoms with Gasteiger partial charge in [-0.25, -0.2) is 8.42 Å². The number of esters is 1. The van der Waals surface area contributed by atoms with E-state index >= 15 is 0 Å². The maximum atomic E-state index is 13.7. The van der Waals surface area contributed by atoms with E-state index in [1.54, 1.807) is 45.0 Å². The highest BCUT2D eigenvalue weighted by Crippen LogP contribution is 2.36. The van der Waals surface area contributed by atoms with Gasteiger partial charge in [-0.2, -0.15) is 5.26 Å². The summed E-state index contributed by atoms with van der Waals surface area (Å²) in [6, 6.07) is 8.78. The fourth-order valence-electron chi connectivity index (χ4n) is 4.35. The number of unbranched alkanes of at least 4 members (excludes halogenated alkanes) is 4. The van der Waals surface area contributed by atoms with Crippen LogP contribution in [0.25, 0.3) is 0 Å². The summed E-state index contributed by atoms with van der Waals surface area (Å²) < 4.78 is 31.1. The molecule has 7 nitrogen and oxygen atoms in total. The van der Waals surface area contributed by atoms with Gasteiger partial charge in [0.25, 0.3) is 0 Å². The standard InChI is InChI=1S/C29H45NO6S/c1-7-36-26(33)28(5,6)19-11-9-13-21-29(22-30,20-12-8-10-18-27(3,4)25(31)32)37(34,35)24-16-14-23(2)15-17-24/h14-17H,7-13,18-21H2,1-6H3,(H,31,32). The Labute approximate surface area is 223 Å². The lowest BCUT2D eigenvalue weighted by Gasteiger charge is -2.27. The quantitative estimate of drug-likeness (QED) is 0.175. The van der Waals surface area contributed by atoms with Crippen LogP contribution in [0.15, 0.2) is 29.2 Å². The number of carbonyl (C=O) groups excluding carboxylic acids is 1. The maximum Gasteiger partial charge on any atom is 0.311 e. The van der Waals surface area contributed by atoms with E-state index in [1.165, 1.54) is 0 Å². The SMILES string of the molecule is CCOC(=O)C(C)(C)CCCCCC(C#N)(CCCCCC(C)(C)C(=O)O)S(=O)(=O)c1ccc(C)cc1. The van der Waals surface area contributed by atoms with Crippen LogP contribution in [-0.4, -0.2) is 36.8 Å². The summed E-state index contributed by atoms with van der Waals surface area (Å²) >= 11 is 0. The van der Waals surface area contributed by atoms with E-state index in [0.717, 1.165) is 12.0 Å². The highest BCUT2D eigenvalue weighted by Gasteiger charge is 2.44. The van der Waals surface area contributed by atoms with Crippen LogP contribution in [0.2, 0.25) is 0 Å². The van der Waals surface area contributed by atoms with Gasteiger partial charge in [0.1, 0.15) is 0 Å². The predicted molar refractivity (Wildman–Crippen MR) is 145 cm³/mol. The van der Waals surface area contributed by atoms with Crippen molar-refractivity contribution < 1.29 is 27.9 Å². The van der Waals surface area contributed by atoms with Gasteiger partial charge in [0.2, 0.25) is 0 Å². The number of hydrogen-bond donors (Lipinski definition) is 1. The van der Waals surface area contributed by atoms with Gasteiger partial charge in [-0.05, 0) is 79.4 Å². The van der Waals surface area contributed by atoms with E-state index in [4.69, 9.17) is 4.74 Å². The van der Waals surface area contributed by atoms with Crippen LogP contribution in [0.5, 0.6) is 0 Å². The van der Waals surface area contributed by atoms with Gasteiger partial charge in [0.05, 0.1) is 28.4 Å². The molecule has 37 heavy (non-hydrogen) atoms. The van der Waals surface area contributed by atoms with E-state index in [2.05, 4.69) is 6.07 Å². The third-order valence-electron chi connectivity index (χ3n) is 7.22. The number of benzene rings is 1. The number of nitrogens with zero attached hydrogens (tertiary/aromatic N) is 1. The molecule has 0 spiro atoms. The Kier molecular flexibility index (Phi) is 12.3. The molecule has 1 unspecified atom stereocenters. The molecule has 0 saturated carbocycles. The van der Waals surface area contributed by atoms with Crippen LogP contribution in [0.4, 0.5) is 0 Å². The van der Waals surface area contributed by atoms with Crippen molar-refractivity contribution in [1.29, 1.82) is 5.26 Å². The number of sulfone groups is 1. The number of nitriles is 1. The second-order valence-corrected chi connectivity index (χ2v) is 13.6. The van der Waals surface area contributed by atoms with Crippen molar-refractivity contribution in [1.82, 2.24) is 0 Å². The number of ether oxygens (including phenoxy) is 1. The monoisotopic (exact) mass is 535 g/mol. The maximum absolute atomic E-state index is 13.7. The zero-order valence-electron chi connectivity index (χ0n) is 23.4. The summed E-state index contributed by atoms with van der Waals surface area (Å²) in [7, 11) is -3.92. The lowest BCUT2D eigenvalue weighted by Crippen LogP contribution is -2.37. The minimum absolute atomic E-state index is 0.148. The molecular weight excluding hydrogens is 490 g/mol. The molecular formula is C29H45NO6S. The molecule has 0 aromatic heterocycles. The van der Waals surface area contributed by atoms with Crippen molar-refractivity contribution in [3.63, 3.8) is 0 Å². The van der Waals surface area contributed by atoms with Crippen molar-refractivity contribution in [2.45, 2.75) is 115 Å². The average molecular weight is 536 g/mol. The van der Waals surface area contributed by atoms with Crippen LogP contribution in [0.3, 0.4) is 0 Å². The Morgan fingerprint density at radius 2 is 1.32 bits per heavy atom. The summed E-state index contributed by atoms with van der Waals surface area (Å²) in [5.74, 6) is -1.10. The number of aryl methyl sites for hydroxylation is 1. The predicted octanol–water partition coefficient (Wildman–Crippen LogP) is 6.63. The minimum Gasteiger partial charge on any atom is -0.481 e. The van der Waals surface area contributed by atoms with Crippen LogP contribution in [0, 0.1) is 29.1 Å². The molecule has 208 valence electrons. The van der Waals surface area contributed by atoms with Crippen molar-refractivity contribution in [3.8, 4) is 6.07 Å². The van der Waals surface area contributed by atoms with Crippen LogP contribution < -0.4 is 0 Å². The molecule has 0 aliphatic rings. The highest BCUT2D eigenvalue weighted by atomic mass is 32.2. The highest BCUT2D eigenvalue weighted by molar-refractivity contribution is 7.93. The molecule has 0 radical (unpaired) electrons. The molecule has 1 aromatic carbocycles. The number of aliphatic carboxylic acids is 1. The summed E-state index contributed by atoms with van der Waals surface area (Å²) in [4.78, 5) is 23.6. The molecule has 0 saturated heterocycles. The molecule has 0 amide bonds. The first kappa shape index (κ1) is 32.6. The topological polar surface area (TPSA) is 122 Å². The summed E-state index contributed by atoms with van der Waals surface area (Å²) in [6.45, 7) is 11.0. The van der Waals surface area contributed by atoms with Crippen LogP contribution in [0.1, 0.15) is 104 Å². The zero-order valence-corrected chi connectivity index (χ0v) is 24.2. The number of rotatable bonds is 17. The molecule has 1 N–H and O–H groups in total. The fraction of sp³-hybridized carbons (Fsp3) is 0.690. The Morgan fingerprint density at radius 1 is 0.865 bits per heavy atom. The van der Waals surface area contributed by atoms with Crippen molar-refractivity contribution >= 4 is 21.8 Å². The van der Waals surface area contributed by atoms with Gasteiger partial charge in [-0.1, -0.05) is 56.2 Å². The Balaban J connectivity index is 2.95. The van der Waals surface area contributed by atoms with Crippen molar-refractivity contribution in [3.05, 3.63) is 29.8 Å². The number of hydrogen-bond acceptors (Lipinski definition) is 6. The second-order valence-electron chi connectivity index (χ2n) is 11.3. The van der Waals surface area contributed by atoms with E-state index in [-0.39, 0.29) is 23.7 Å². The molecule has 8 heteroatoms. The van der Waals surface area contributed by atoms with E-state index in [1.807, 2.05) is 20.8 Å². The van der Waals surface area contributed by atoms with E-state index < -0.39 is 31.4 Å². The fourth-order valence-corrected chi connectivity index (χ4v) is 6.24. The van der Waals surface area contributed by atoms with Crippen molar-refractivity contribution in [2.75, 3.05) is 6.61 Å². The molecule has 1 rings (SSSR count). The zero-order chi connectivity index (χ0) is 28.3. The molecule has 0 aliphatic heterocycles. The molecule has 0 bridgehead atoms. The minimum atomic E-state index is -3.92. The Morgan fingerprint density at radius 3 is 1.76 bits per heavy atom. The summed E-state index contributed by atoms with van der Waals surface area (Å²) in [5.41, 5.74) is -0.510. The first-order valence-electron chi connectivity index (χ1n) is 13.3. The summed E-state index contributed by atoms with van der Waals surface area (Å²) in [6.07, 6.45) is 5.30. The van der Waals surface area contributed by atoms with Crippen molar-refractivity contribution in [2.24, 2.45) is 10.8 Å². The Hall–Kier alpha value is -2.40. The molecule has 0 fully saturated rings. The second kappa shape index (κ2) is 13.9. The van der Waals surface area contributed by atoms with Gasteiger partial charge in [-0.15, -0.1) is 0 Å². The van der Waals surface area contributed by atoms with Gasteiger partial charge in [0.15, 0.2) is 14.6 Å². The largest absolute Gasteiger partial charge is 0.481 e. The molecule has 1 aromatic rings. The van der Waals surface area contributed by atoms with Crippen LogP contribution >= 0.6 is 0 Å². The number of carbonyl (C=O) groups is 2. The van der Waals surface area contributed by atoms with Gasteiger partial charge < -0.3 is 9.84 Å². The molecule has 1 atom stereocenters. The van der Waals surface area contributed by atoms with E-state index in [9.17, 15) is 28.4 Å². The van der Waals surface area contributed by atoms with Crippen LogP contribution in [-0.2, 0) is 24.2 Å². The molecule has 0 heterocycles. The van der Waals surface area contributed by atoms with Gasteiger partial charge >= 0.3 is 11.9 Å². The smallest absolute Gasteiger partial charge is 0.311 e. The molecule has 0 aliphatic carbocycles.